The van der Waals surface area contributed by atoms with E-state index in [0.717, 1.165) is 14.2 Å². The van der Waals surface area contributed by atoms with Gasteiger partial charge in [0, 0.05) is 27.0 Å². The summed E-state index contributed by atoms with van der Waals surface area (Å²) >= 11 is 11.3. The van der Waals surface area contributed by atoms with E-state index in [4.69, 9.17) is 27.7 Å². The summed E-state index contributed by atoms with van der Waals surface area (Å²) in [5.74, 6) is -1.23. The number of phosphoric ester groups is 1. The van der Waals surface area contributed by atoms with Gasteiger partial charge in [0.2, 0.25) is 5.76 Å². The summed E-state index contributed by atoms with van der Waals surface area (Å²) < 4.78 is 25.6. The van der Waals surface area contributed by atoms with Crippen molar-refractivity contribution in [3.05, 3.63) is 40.6 Å². The van der Waals surface area contributed by atoms with Crippen molar-refractivity contribution in [1.82, 2.24) is 0 Å². The van der Waals surface area contributed by atoms with Gasteiger partial charge in [0.15, 0.2) is 4.49 Å². The Morgan fingerprint density at radius 3 is 2.10 bits per heavy atom. The Kier molecular flexibility index (Phi) is 6.71. The number of nitrogens with zero attached hydrogens (tertiary/aromatic N) is 1. The highest BCUT2D eigenvalue weighted by Crippen LogP contribution is 2.50. The molecule has 0 saturated carbocycles. The number of carbonyl (C=O) groups excluding carboxylic acids is 1. The van der Waals surface area contributed by atoms with Crippen molar-refractivity contribution in [2.75, 3.05) is 26.2 Å². The molecule has 0 fully saturated rings. The van der Waals surface area contributed by atoms with Gasteiger partial charge in [-0.1, -0.05) is 41.4 Å². The number of halogens is 2. The molecule has 0 aliphatic carbocycles. The van der Waals surface area contributed by atoms with Crippen molar-refractivity contribution in [2.24, 2.45) is 0 Å². The maximum Gasteiger partial charge on any atom is 0.529 e. The molecule has 0 aliphatic rings. The van der Waals surface area contributed by atoms with Crippen LogP contribution in [-0.2, 0) is 22.9 Å². The molecule has 21 heavy (non-hydrogen) atoms. The third kappa shape index (κ3) is 4.73. The van der Waals surface area contributed by atoms with Crippen molar-refractivity contribution in [1.29, 1.82) is 0 Å². The highest BCUT2D eigenvalue weighted by atomic mass is 35.5. The minimum atomic E-state index is -3.95. The summed E-state index contributed by atoms with van der Waals surface area (Å²) in [7, 11) is -0.249. The van der Waals surface area contributed by atoms with Crippen LogP contribution in [0.25, 0.3) is 0 Å². The molecule has 0 heterocycles. The molecule has 0 atom stereocenters. The van der Waals surface area contributed by atoms with E-state index in [9.17, 15) is 9.36 Å². The Balaban J connectivity index is 3.06. The first-order chi connectivity index (χ1) is 9.84. The lowest BCUT2D eigenvalue weighted by Gasteiger charge is -2.21. The number of amides is 1. The Labute approximate surface area is 132 Å². The second-order valence-electron chi connectivity index (χ2n) is 3.69. The molecule has 0 spiro atoms. The van der Waals surface area contributed by atoms with Crippen molar-refractivity contribution >= 4 is 42.6 Å². The third-order valence-corrected chi connectivity index (χ3v) is 4.11. The van der Waals surface area contributed by atoms with Gasteiger partial charge in [-0.15, -0.1) is 0 Å². The highest BCUT2D eigenvalue weighted by molar-refractivity contribution is 7.48. The van der Waals surface area contributed by atoms with Gasteiger partial charge < -0.3 is 9.42 Å². The quantitative estimate of drug-likeness (QED) is 0.443. The fourth-order valence-corrected chi connectivity index (χ4v) is 2.37. The van der Waals surface area contributed by atoms with Gasteiger partial charge in [-0.2, -0.15) is 0 Å². The first kappa shape index (κ1) is 18.0. The normalized spacial score (nSPS) is 10.9. The average molecular weight is 354 g/mol. The van der Waals surface area contributed by atoms with Crippen molar-refractivity contribution in [2.45, 2.75) is 0 Å². The number of benzene rings is 1. The highest BCUT2D eigenvalue weighted by Gasteiger charge is 2.32. The van der Waals surface area contributed by atoms with Gasteiger partial charge in [0.05, 0.1) is 0 Å². The lowest BCUT2D eigenvalue weighted by Crippen LogP contribution is -2.28. The first-order valence-electron chi connectivity index (χ1n) is 5.64. The standard InChI is InChI=1S/C12H14Cl2NO5P/c1-15(9-7-5-4-6-8-9)12(16)10(11(13)14)20-21(17,18-2)19-3/h4-8H,1-3H3. The van der Waals surface area contributed by atoms with Crippen LogP contribution in [0.1, 0.15) is 0 Å². The summed E-state index contributed by atoms with van der Waals surface area (Å²) in [6.45, 7) is 0. The van der Waals surface area contributed by atoms with Crippen LogP contribution in [0.5, 0.6) is 0 Å². The molecule has 116 valence electrons. The van der Waals surface area contributed by atoms with Crippen LogP contribution in [0.3, 0.4) is 0 Å². The Bertz CT molecular complexity index is 566. The number of anilines is 1. The second kappa shape index (κ2) is 7.82. The smallest absolute Gasteiger partial charge is 0.395 e. The Hall–Kier alpha value is -1.04. The lowest BCUT2D eigenvalue weighted by atomic mass is 10.3. The molecule has 9 heteroatoms. The zero-order valence-electron chi connectivity index (χ0n) is 11.6. The van der Waals surface area contributed by atoms with Crippen LogP contribution < -0.4 is 4.90 Å². The van der Waals surface area contributed by atoms with Gasteiger partial charge in [-0.25, -0.2) is 4.57 Å². The van der Waals surface area contributed by atoms with Crippen molar-refractivity contribution in [3.63, 3.8) is 0 Å². The summed E-state index contributed by atoms with van der Waals surface area (Å²) in [5.41, 5.74) is 0.572. The van der Waals surface area contributed by atoms with Crippen LogP contribution in [0.15, 0.2) is 40.6 Å². The van der Waals surface area contributed by atoms with Crippen LogP contribution in [-0.4, -0.2) is 27.2 Å². The minimum Gasteiger partial charge on any atom is -0.395 e. The molecule has 0 bridgehead atoms. The number of para-hydroxylation sites is 1. The third-order valence-electron chi connectivity index (χ3n) is 2.46. The zero-order valence-corrected chi connectivity index (χ0v) is 14.0. The maximum atomic E-state index is 12.3. The van der Waals surface area contributed by atoms with E-state index in [1.807, 2.05) is 0 Å². The number of rotatable bonds is 6. The minimum absolute atomic E-state index is 0.489. The van der Waals surface area contributed by atoms with Crippen molar-refractivity contribution in [3.8, 4) is 0 Å². The van der Waals surface area contributed by atoms with Gasteiger partial charge in [-0.05, 0) is 12.1 Å². The van der Waals surface area contributed by atoms with Gasteiger partial charge >= 0.3 is 7.82 Å². The predicted octanol–water partition coefficient (Wildman–Crippen LogP) is 3.71. The first-order valence-corrected chi connectivity index (χ1v) is 7.85. The molecule has 0 unspecified atom stereocenters. The summed E-state index contributed by atoms with van der Waals surface area (Å²) in [4.78, 5) is 13.6. The van der Waals surface area contributed by atoms with Crippen LogP contribution >= 0.6 is 31.0 Å². The SMILES string of the molecule is COP(=O)(OC)OC(C(=O)N(C)c1ccccc1)=C(Cl)Cl. The van der Waals surface area contributed by atoms with Crippen LogP contribution in [0, 0.1) is 0 Å². The van der Waals surface area contributed by atoms with Gasteiger partial charge in [0.25, 0.3) is 5.91 Å². The number of hydrogen-bond donors (Lipinski definition) is 0. The fraction of sp³-hybridized carbons (Fsp3) is 0.250. The molecule has 1 rings (SSSR count). The Morgan fingerprint density at radius 2 is 1.67 bits per heavy atom. The van der Waals surface area contributed by atoms with E-state index in [0.29, 0.717) is 5.69 Å². The van der Waals surface area contributed by atoms with E-state index >= 15 is 0 Å². The molecule has 0 radical (unpaired) electrons. The average Bonchev–Trinajstić information content (AvgIpc) is 2.51. The van der Waals surface area contributed by atoms with E-state index in [1.54, 1.807) is 30.3 Å². The summed E-state index contributed by atoms with van der Waals surface area (Å²) in [5, 5.41) is 0. The molecular formula is C12H14Cl2NO5P. The molecule has 1 aromatic rings. The number of hydrogen-bond acceptors (Lipinski definition) is 5. The summed E-state index contributed by atoms with van der Waals surface area (Å²) in [6.07, 6.45) is 0. The van der Waals surface area contributed by atoms with E-state index < -0.39 is 24.0 Å². The van der Waals surface area contributed by atoms with Crippen LogP contribution in [0.4, 0.5) is 5.69 Å². The molecule has 1 aromatic carbocycles. The number of carbonyl (C=O) groups is 1. The number of likely N-dealkylation sites (N-methyl/N-ethyl adjacent to an activating group) is 1. The van der Waals surface area contributed by atoms with Crippen LogP contribution in [0.2, 0.25) is 0 Å². The van der Waals surface area contributed by atoms with Gasteiger partial charge in [0.1, 0.15) is 0 Å². The topological polar surface area (TPSA) is 65.1 Å². The number of phosphoric acid groups is 1. The van der Waals surface area contributed by atoms with Crippen molar-refractivity contribution < 1.29 is 22.9 Å². The molecule has 0 aromatic heterocycles. The largest absolute Gasteiger partial charge is 0.529 e. The molecular weight excluding hydrogens is 340 g/mol. The molecule has 0 aliphatic heterocycles. The molecule has 6 nitrogen and oxygen atoms in total. The van der Waals surface area contributed by atoms with E-state index in [-0.39, 0.29) is 0 Å². The zero-order chi connectivity index (χ0) is 16.0. The molecule has 1 amide bonds. The predicted molar refractivity (Wildman–Crippen MR) is 81.3 cm³/mol. The monoisotopic (exact) mass is 353 g/mol. The molecule has 0 saturated heterocycles. The molecule has 0 N–H and O–H groups in total. The van der Waals surface area contributed by atoms with E-state index in [2.05, 4.69) is 9.05 Å². The lowest BCUT2D eigenvalue weighted by molar-refractivity contribution is -0.117. The van der Waals surface area contributed by atoms with E-state index in [1.165, 1.54) is 11.9 Å². The van der Waals surface area contributed by atoms with Gasteiger partial charge in [-0.3, -0.25) is 13.8 Å². The second-order valence-corrected chi connectivity index (χ2v) is 6.45. The Morgan fingerprint density at radius 1 is 1.14 bits per heavy atom. The summed E-state index contributed by atoms with van der Waals surface area (Å²) in [6, 6.07) is 8.70. The fourth-order valence-electron chi connectivity index (χ4n) is 1.34. The maximum absolute atomic E-state index is 12.3.